The number of carboxylic acid groups (broad SMARTS) is 1. The second kappa shape index (κ2) is 8.57. The van der Waals surface area contributed by atoms with Gasteiger partial charge in [0.05, 0.1) is 6.10 Å². The van der Waals surface area contributed by atoms with E-state index in [1.54, 1.807) is 4.90 Å². The van der Waals surface area contributed by atoms with E-state index < -0.39 is 17.5 Å². The molecule has 28 heavy (non-hydrogen) atoms. The van der Waals surface area contributed by atoms with Gasteiger partial charge in [-0.25, -0.2) is 0 Å². The van der Waals surface area contributed by atoms with E-state index in [1.165, 1.54) is 0 Å². The van der Waals surface area contributed by atoms with E-state index in [0.29, 0.717) is 19.4 Å². The Balaban J connectivity index is 1.73. The zero-order chi connectivity index (χ0) is 20.1. The lowest BCUT2D eigenvalue weighted by atomic mass is 9.72. The van der Waals surface area contributed by atoms with Crippen LogP contribution in [0.25, 0.3) is 0 Å². The van der Waals surface area contributed by atoms with Gasteiger partial charge in [0.25, 0.3) is 0 Å². The molecule has 0 aliphatic carbocycles. The van der Waals surface area contributed by atoms with Crippen LogP contribution in [0.1, 0.15) is 29.5 Å². The summed E-state index contributed by atoms with van der Waals surface area (Å²) in [7, 11) is 0. The average molecular weight is 381 g/mol. The van der Waals surface area contributed by atoms with Crippen LogP contribution in [0.2, 0.25) is 0 Å². The quantitative estimate of drug-likeness (QED) is 0.807. The number of likely N-dealkylation sites (tertiary alicyclic amines) is 1. The summed E-state index contributed by atoms with van der Waals surface area (Å²) in [5.74, 6) is -1.12. The molecule has 2 atom stereocenters. The highest BCUT2D eigenvalue weighted by molar-refractivity contribution is 5.80. The minimum atomic E-state index is -1.38. The van der Waals surface area contributed by atoms with Crippen LogP contribution in [0.15, 0.2) is 54.6 Å². The first-order valence-corrected chi connectivity index (χ1v) is 9.70. The van der Waals surface area contributed by atoms with E-state index in [2.05, 4.69) is 0 Å². The molecule has 1 aliphatic heterocycles. The summed E-state index contributed by atoms with van der Waals surface area (Å²) in [5.41, 5.74) is 1.74. The van der Waals surface area contributed by atoms with Gasteiger partial charge in [0.15, 0.2) is 0 Å². The number of rotatable bonds is 6. The molecule has 1 amide bonds. The molecule has 1 heterocycles. The smallest absolute Gasteiger partial charge is 0.314 e. The fourth-order valence-electron chi connectivity index (χ4n) is 4.00. The Morgan fingerprint density at radius 1 is 1.11 bits per heavy atom. The Morgan fingerprint density at radius 3 is 2.46 bits per heavy atom. The van der Waals surface area contributed by atoms with E-state index >= 15 is 0 Å². The normalized spacial score (nSPS) is 22.1. The Morgan fingerprint density at radius 2 is 1.79 bits per heavy atom. The number of amides is 1. The SMILES string of the molecule is Cc1ccccc1CCC(=O)N1CC[C@@H](O)[C@](Cc2ccccc2)(C(=O)O)C1. The molecular weight excluding hydrogens is 354 g/mol. The molecule has 5 nitrogen and oxygen atoms in total. The van der Waals surface area contributed by atoms with Crippen LogP contribution in [0.4, 0.5) is 0 Å². The largest absolute Gasteiger partial charge is 0.481 e. The first-order valence-electron chi connectivity index (χ1n) is 9.70. The third-order valence-electron chi connectivity index (χ3n) is 5.79. The molecule has 1 saturated heterocycles. The van der Waals surface area contributed by atoms with Gasteiger partial charge in [-0.1, -0.05) is 54.6 Å². The summed E-state index contributed by atoms with van der Waals surface area (Å²) in [6.07, 6.45) is 0.456. The number of hydrogen-bond acceptors (Lipinski definition) is 3. The van der Waals surface area contributed by atoms with Crippen molar-refractivity contribution in [1.82, 2.24) is 4.90 Å². The van der Waals surface area contributed by atoms with Crippen molar-refractivity contribution in [3.63, 3.8) is 0 Å². The van der Waals surface area contributed by atoms with Gasteiger partial charge >= 0.3 is 5.97 Å². The molecule has 2 N–H and O–H groups in total. The molecule has 2 aromatic rings. The molecular formula is C23H27NO4. The van der Waals surface area contributed by atoms with Gasteiger partial charge in [0.2, 0.25) is 5.91 Å². The molecule has 1 fully saturated rings. The summed E-state index contributed by atoms with van der Waals surface area (Å²) in [4.78, 5) is 26.6. The lowest BCUT2D eigenvalue weighted by Gasteiger charge is -2.43. The Hall–Kier alpha value is -2.66. The summed E-state index contributed by atoms with van der Waals surface area (Å²) < 4.78 is 0. The van der Waals surface area contributed by atoms with Crippen molar-refractivity contribution in [1.29, 1.82) is 0 Å². The van der Waals surface area contributed by atoms with Gasteiger partial charge in [-0.3, -0.25) is 9.59 Å². The number of aliphatic hydroxyl groups excluding tert-OH is 1. The average Bonchev–Trinajstić information content (AvgIpc) is 2.69. The maximum absolute atomic E-state index is 12.8. The molecule has 1 aliphatic rings. The lowest BCUT2D eigenvalue weighted by Crippen LogP contribution is -2.58. The van der Waals surface area contributed by atoms with E-state index in [-0.39, 0.29) is 25.3 Å². The van der Waals surface area contributed by atoms with Gasteiger partial charge in [0, 0.05) is 19.5 Å². The van der Waals surface area contributed by atoms with Crippen molar-refractivity contribution >= 4 is 11.9 Å². The fourth-order valence-corrected chi connectivity index (χ4v) is 4.00. The van der Waals surface area contributed by atoms with Crippen molar-refractivity contribution in [2.45, 2.75) is 38.7 Å². The molecule has 0 bridgehead atoms. The first kappa shape index (κ1) is 20.1. The van der Waals surface area contributed by atoms with E-state index in [4.69, 9.17) is 0 Å². The fraction of sp³-hybridized carbons (Fsp3) is 0.391. The number of benzene rings is 2. The monoisotopic (exact) mass is 381 g/mol. The standard InChI is InChI=1S/C23H27NO4/c1-17-7-5-6-10-19(17)11-12-21(26)24-14-13-20(25)23(16-24,22(27)28)15-18-8-3-2-4-9-18/h2-10,20,25H,11-16H2,1H3,(H,27,28)/t20-,23-/m1/s1. The lowest BCUT2D eigenvalue weighted by molar-refractivity contribution is -0.165. The molecule has 0 unspecified atom stereocenters. The molecule has 0 aromatic heterocycles. The molecule has 0 radical (unpaired) electrons. The number of aliphatic hydroxyl groups is 1. The number of piperidine rings is 1. The third kappa shape index (κ3) is 4.25. The van der Waals surface area contributed by atoms with Crippen molar-refractivity contribution in [2.24, 2.45) is 5.41 Å². The van der Waals surface area contributed by atoms with Crippen molar-refractivity contribution in [3.8, 4) is 0 Å². The molecule has 3 rings (SSSR count). The minimum absolute atomic E-state index is 0.0327. The van der Waals surface area contributed by atoms with Gasteiger partial charge in [-0.15, -0.1) is 0 Å². The number of carboxylic acids is 1. The van der Waals surface area contributed by atoms with Crippen LogP contribution >= 0.6 is 0 Å². The molecule has 2 aromatic carbocycles. The van der Waals surface area contributed by atoms with Gasteiger partial charge in [0.1, 0.15) is 5.41 Å². The maximum atomic E-state index is 12.8. The Kier molecular flexibility index (Phi) is 6.15. The topological polar surface area (TPSA) is 77.8 Å². The van der Waals surface area contributed by atoms with Gasteiger partial charge < -0.3 is 15.1 Å². The summed E-state index contributed by atoms with van der Waals surface area (Å²) in [6.45, 7) is 2.44. The van der Waals surface area contributed by atoms with Crippen LogP contribution in [0.5, 0.6) is 0 Å². The summed E-state index contributed by atoms with van der Waals surface area (Å²) in [5, 5.41) is 20.5. The number of nitrogens with zero attached hydrogens (tertiary/aromatic N) is 1. The van der Waals surface area contributed by atoms with Crippen molar-refractivity contribution in [2.75, 3.05) is 13.1 Å². The summed E-state index contributed by atoms with van der Waals surface area (Å²) in [6, 6.07) is 17.3. The van der Waals surface area contributed by atoms with Crippen molar-refractivity contribution < 1.29 is 19.8 Å². The molecule has 5 heteroatoms. The predicted octanol–water partition coefficient (Wildman–Crippen LogP) is 2.83. The third-order valence-corrected chi connectivity index (χ3v) is 5.79. The van der Waals surface area contributed by atoms with Crippen LogP contribution in [0, 0.1) is 12.3 Å². The first-order chi connectivity index (χ1) is 13.4. The highest BCUT2D eigenvalue weighted by Gasteiger charge is 2.50. The maximum Gasteiger partial charge on any atom is 0.314 e. The number of aliphatic carboxylic acids is 1. The Labute approximate surface area is 165 Å². The number of carbonyl (C=O) groups excluding carboxylic acids is 1. The van der Waals surface area contributed by atoms with Crippen LogP contribution in [-0.4, -0.2) is 46.2 Å². The number of hydrogen-bond donors (Lipinski definition) is 2. The number of carbonyl (C=O) groups is 2. The van der Waals surface area contributed by atoms with Gasteiger partial charge in [-0.05, 0) is 42.9 Å². The van der Waals surface area contributed by atoms with Crippen LogP contribution in [0.3, 0.4) is 0 Å². The van der Waals surface area contributed by atoms with Crippen LogP contribution in [-0.2, 0) is 22.4 Å². The summed E-state index contributed by atoms with van der Waals surface area (Å²) >= 11 is 0. The van der Waals surface area contributed by atoms with Crippen LogP contribution < -0.4 is 0 Å². The molecule has 0 spiro atoms. The number of aryl methyl sites for hydroxylation is 2. The predicted molar refractivity (Wildman–Crippen MR) is 107 cm³/mol. The Bertz CT molecular complexity index is 836. The van der Waals surface area contributed by atoms with E-state index in [1.807, 2.05) is 61.5 Å². The molecule has 148 valence electrons. The van der Waals surface area contributed by atoms with E-state index in [9.17, 15) is 19.8 Å². The highest BCUT2D eigenvalue weighted by atomic mass is 16.4. The second-order valence-corrected chi connectivity index (χ2v) is 7.67. The second-order valence-electron chi connectivity index (χ2n) is 7.67. The van der Waals surface area contributed by atoms with E-state index in [0.717, 1.165) is 16.7 Å². The zero-order valence-corrected chi connectivity index (χ0v) is 16.2. The van der Waals surface area contributed by atoms with Gasteiger partial charge in [-0.2, -0.15) is 0 Å². The molecule has 0 saturated carbocycles. The highest BCUT2D eigenvalue weighted by Crippen LogP contribution is 2.35. The zero-order valence-electron chi connectivity index (χ0n) is 16.2. The van der Waals surface area contributed by atoms with Crippen molar-refractivity contribution in [3.05, 3.63) is 71.3 Å². The minimum Gasteiger partial charge on any atom is -0.481 e.